The Bertz CT molecular complexity index is 444. The van der Waals surface area contributed by atoms with Crippen molar-refractivity contribution >= 4 is 5.69 Å². The number of hydrogen-bond acceptors (Lipinski definition) is 5. The smallest absolute Gasteiger partial charge is 0.272 e. The van der Waals surface area contributed by atoms with E-state index in [1.807, 2.05) is 6.07 Å². The standard InChI is InChI=1S/C13H18N2O4/c1-10-11(3-2-4-13(10)15(16)17)7-14-8-12-5-6-18-9-19-12/h2-4,12,14H,5-9H2,1H3. The molecule has 6 heteroatoms. The van der Waals surface area contributed by atoms with E-state index < -0.39 is 0 Å². The Morgan fingerprint density at radius 2 is 2.37 bits per heavy atom. The fourth-order valence-electron chi connectivity index (χ4n) is 2.09. The lowest BCUT2D eigenvalue weighted by molar-refractivity contribution is -0.385. The second-order valence-corrected chi connectivity index (χ2v) is 4.55. The Morgan fingerprint density at radius 1 is 1.53 bits per heavy atom. The van der Waals surface area contributed by atoms with Crippen molar-refractivity contribution in [1.82, 2.24) is 5.32 Å². The van der Waals surface area contributed by atoms with Gasteiger partial charge in [0.2, 0.25) is 0 Å². The largest absolute Gasteiger partial charge is 0.355 e. The minimum Gasteiger partial charge on any atom is -0.355 e. The van der Waals surface area contributed by atoms with Gasteiger partial charge < -0.3 is 14.8 Å². The van der Waals surface area contributed by atoms with Crippen molar-refractivity contribution in [3.63, 3.8) is 0 Å². The van der Waals surface area contributed by atoms with Crippen molar-refractivity contribution in [2.45, 2.75) is 26.0 Å². The van der Waals surface area contributed by atoms with Gasteiger partial charge in [0, 0.05) is 24.7 Å². The van der Waals surface area contributed by atoms with Gasteiger partial charge in [0.05, 0.1) is 17.6 Å². The molecule has 0 bridgehead atoms. The van der Waals surface area contributed by atoms with Crippen molar-refractivity contribution in [1.29, 1.82) is 0 Å². The van der Waals surface area contributed by atoms with Crippen LogP contribution in [0.15, 0.2) is 18.2 Å². The molecule has 104 valence electrons. The summed E-state index contributed by atoms with van der Waals surface area (Å²) in [4.78, 5) is 10.5. The predicted octanol–water partition coefficient (Wildman–Crippen LogP) is 1.76. The van der Waals surface area contributed by atoms with Crippen LogP contribution in [0, 0.1) is 17.0 Å². The first-order chi connectivity index (χ1) is 9.18. The first kappa shape index (κ1) is 13.9. The van der Waals surface area contributed by atoms with Gasteiger partial charge in [-0.2, -0.15) is 0 Å². The average Bonchev–Trinajstić information content (AvgIpc) is 2.41. The summed E-state index contributed by atoms with van der Waals surface area (Å²) in [5, 5.41) is 14.1. The summed E-state index contributed by atoms with van der Waals surface area (Å²) in [6.45, 7) is 4.18. The fraction of sp³-hybridized carbons (Fsp3) is 0.538. The lowest BCUT2D eigenvalue weighted by Gasteiger charge is -2.23. The van der Waals surface area contributed by atoms with E-state index in [2.05, 4.69) is 5.32 Å². The Labute approximate surface area is 111 Å². The van der Waals surface area contributed by atoms with E-state index in [1.54, 1.807) is 13.0 Å². The van der Waals surface area contributed by atoms with Gasteiger partial charge in [-0.1, -0.05) is 12.1 Å². The van der Waals surface area contributed by atoms with E-state index in [0.29, 0.717) is 18.9 Å². The molecule has 1 aliphatic rings. The van der Waals surface area contributed by atoms with E-state index in [0.717, 1.165) is 25.1 Å². The highest BCUT2D eigenvalue weighted by molar-refractivity contribution is 5.44. The zero-order valence-corrected chi connectivity index (χ0v) is 10.9. The number of nitro benzene ring substituents is 1. The van der Waals surface area contributed by atoms with Crippen molar-refractivity contribution in [2.75, 3.05) is 19.9 Å². The Morgan fingerprint density at radius 3 is 3.05 bits per heavy atom. The van der Waals surface area contributed by atoms with Crippen LogP contribution in [0.4, 0.5) is 5.69 Å². The summed E-state index contributed by atoms with van der Waals surface area (Å²) < 4.78 is 10.5. The molecule has 0 amide bonds. The molecule has 1 saturated heterocycles. The van der Waals surface area contributed by atoms with Gasteiger partial charge in [0.25, 0.3) is 5.69 Å². The molecule has 19 heavy (non-hydrogen) atoms. The van der Waals surface area contributed by atoms with Crippen molar-refractivity contribution in [2.24, 2.45) is 0 Å². The number of nitro groups is 1. The first-order valence-corrected chi connectivity index (χ1v) is 6.31. The number of rotatable bonds is 5. The Kier molecular flexibility index (Phi) is 4.84. The Hall–Kier alpha value is -1.50. The second kappa shape index (κ2) is 6.60. The van der Waals surface area contributed by atoms with E-state index in [4.69, 9.17) is 9.47 Å². The van der Waals surface area contributed by atoms with Crippen LogP contribution in [0.1, 0.15) is 17.5 Å². The molecule has 2 rings (SSSR count). The number of nitrogens with one attached hydrogen (secondary N) is 1. The number of nitrogens with zero attached hydrogens (tertiary/aromatic N) is 1. The second-order valence-electron chi connectivity index (χ2n) is 4.55. The third kappa shape index (κ3) is 3.73. The third-order valence-electron chi connectivity index (χ3n) is 3.27. The van der Waals surface area contributed by atoms with Crippen LogP contribution in [0.25, 0.3) is 0 Å². The SMILES string of the molecule is Cc1c(CNCC2CCOCO2)cccc1[N+](=O)[O-]. The lowest BCUT2D eigenvalue weighted by atomic mass is 10.1. The minimum atomic E-state index is -0.347. The maximum atomic E-state index is 10.8. The zero-order chi connectivity index (χ0) is 13.7. The highest BCUT2D eigenvalue weighted by Gasteiger charge is 2.15. The molecule has 1 N–H and O–H groups in total. The molecule has 6 nitrogen and oxygen atoms in total. The van der Waals surface area contributed by atoms with Gasteiger partial charge in [-0.25, -0.2) is 0 Å². The van der Waals surface area contributed by atoms with Gasteiger partial charge in [0.15, 0.2) is 0 Å². The molecule has 0 spiro atoms. The van der Waals surface area contributed by atoms with Gasteiger partial charge in [0.1, 0.15) is 6.79 Å². The molecule has 0 saturated carbocycles. The van der Waals surface area contributed by atoms with Crippen LogP contribution >= 0.6 is 0 Å². The van der Waals surface area contributed by atoms with Crippen LogP contribution in [-0.4, -0.2) is 31.0 Å². The molecular weight excluding hydrogens is 248 g/mol. The number of benzene rings is 1. The molecule has 0 aromatic heterocycles. The summed E-state index contributed by atoms with van der Waals surface area (Å²) in [5.74, 6) is 0. The maximum Gasteiger partial charge on any atom is 0.272 e. The molecule has 0 aliphatic carbocycles. The topological polar surface area (TPSA) is 73.6 Å². The average molecular weight is 266 g/mol. The molecule has 1 aromatic carbocycles. The van der Waals surface area contributed by atoms with Crippen LogP contribution < -0.4 is 5.32 Å². The van der Waals surface area contributed by atoms with Crippen molar-refractivity contribution < 1.29 is 14.4 Å². The van der Waals surface area contributed by atoms with E-state index in [9.17, 15) is 10.1 Å². The summed E-state index contributed by atoms with van der Waals surface area (Å²) >= 11 is 0. The monoisotopic (exact) mass is 266 g/mol. The maximum absolute atomic E-state index is 10.8. The minimum absolute atomic E-state index is 0.160. The van der Waals surface area contributed by atoms with Gasteiger partial charge >= 0.3 is 0 Å². The fourth-order valence-corrected chi connectivity index (χ4v) is 2.09. The molecule has 1 aliphatic heterocycles. The van der Waals surface area contributed by atoms with Gasteiger partial charge in [-0.15, -0.1) is 0 Å². The summed E-state index contributed by atoms with van der Waals surface area (Å²) in [7, 11) is 0. The molecule has 1 atom stereocenters. The highest BCUT2D eigenvalue weighted by Crippen LogP contribution is 2.20. The quantitative estimate of drug-likeness (QED) is 0.649. The van der Waals surface area contributed by atoms with E-state index >= 15 is 0 Å². The van der Waals surface area contributed by atoms with Crippen LogP contribution in [0.2, 0.25) is 0 Å². The molecular formula is C13H18N2O4. The summed E-state index contributed by atoms with van der Waals surface area (Å²) in [6.07, 6.45) is 1.04. The highest BCUT2D eigenvalue weighted by atomic mass is 16.7. The number of hydrogen-bond donors (Lipinski definition) is 1. The number of ether oxygens (including phenoxy) is 2. The Balaban J connectivity index is 1.88. The summed E-state index contributed by atoms with van der Waals surface area (Å²) in [6, 6.07) is 5.15. The van der Waals surface area contributed by atoms with Crippen molar-refractivity contribution in [3.05, 3.63) is 39.4 Å². The zero-order valence-electron chi connectivity index (χ0n) is 10.9. The normalized spacial score (nSPS) is 19.3. The van der Waals surface area contributed by atoms with Gasteiger partial charge in [-0.05, 0) is 18.9 Å². The van der Waals surface area contributed by atoms with Crippen LogP contribution in [-0.2, 0) is 16.0 Å². The van der Waals surface area contributed by atoms with Crippen LogP contribution in [0.5, 0.6) is 0 Å². The molecule has 1 unspecified atom stereocenters. The predicted molar refractivity (Wildman–Crippen MR) is 69.8 cm³/mol. The third-order valence-corrected chi connectivity index (χ3v) is 3.27. The first-order valence-electron chi connectivity index (χ1n) is 6.31. The van der Waals surface area contributed by atoms with E-state index in [1.165, 1.54) is 6.07 Å². The van der Waals surface area contributed by atoms with Gasteiger partial charge in [-0.3, -0.25) is 10.1 Å². The molecule has 1 fully saturated rings. The molecule has 0 radical (unpaired) electrons. The lowest BCUT2D eigenvalue weighted by Crippen LogP contribution is -2.33. The molecule has 1 aromatic rings. The molecule has 1 heterocycles. The summed E-state index contributed by atoms with van der Waals surface area (Å²) in [5.41, 5.74) is 1.83. The van der Waals surface area contributed by atoms with Crippen molar-refractivity contribution in [3.8, 4) is 0 Å². The van der Waals surface area contributed by atoms with Crippen LogP contribution in [0.3, 0.4) is 0 Å². The van der Waals surface area contributed by atoms with E-state index in [-0.39, 0.29) is 16.7 Å².